The molecular weight excluding hydrogens is 329 g/mol. The van der Waals surface area contributed by atoms with Crippen LogP contribution in [0, 0.1) is 5.92 Å². The van der Waals surface area contributed by atoms with Crippen LogP contribution in [0.5, 0.6) is 0 Å². The Hall–Kier alpha value is -0.490. The van der Waals surface area contributed by atoms with Crippen molar-refractivity contribution in [3.8, 4) is 0 Å². The summed E-state index contributed by atoms with van der Waals surface area (Å²) >= 11 is 1.74. The van der Waals surface area contributed by atoms with Crippen molar-refractivity contribution in [1.29, 1.82) is 0 Å². The van der Waals surface area contributed by atoms with Crippen LogP contribution in [0.2, 0.25) is 0 Å². The molecule has 0 aliphatic heterocycles. The van der Waals surface area contributed by atoms with Crippen LogP contribution < -0.4 is 11.1 Å². The molecule has 1 amide bonds. The third-order valence-corrected chi connectivity index (χ3v) is 4.23. The van der Waals surface area contributed by atoms with Gasteiger partial charge in [-0.15, -0.1) is 24.8 Å². The van der Waals surface area contributed by atoms with E-state index in [9.17, 15) is 4.79 Å². The number of carbonyl (C=O) groups excluding carboxylic acids is 1. The minimum absolute atomic E-state index is 0. The minimum Gasteiger partial charge on any atom is -0.352 e. The van der Waals surface area contributed by atoms with E-state index >= 15 is 0 Å². The lowest BCUT2D eigenvalue weighted by Crippen LogP contribution is -2.41. The molecule has 0 bridgehead atoms. The first kappa shape index (κ1) is 20.5. The molecule has 1 aliphatic carbocycles. The van der Waals surface area contributed by atoms with Crippen LogP contribution in [0.4, 0.5) is 0 Å². The molecule has 120 valence electrons. The number of amides is 1. The number of carbonyl (C=O) groups is 1. The molecule has 0 aromatic carbocycles. The second kappa shape index (κ2) is 11.1. The Balaban J connectivity index is 0.00000200. The van der Waals surface area contributed by atoms with E-state index in [1.165, 1.54) is 12.8 Å². The lowest BCUT2D eigenvalue weighted by atomic mass is 10.2. The van der Waals surface area contributed by atoms with E-state index in [1.807, 2.05) is 18.2 Å². The lowest BCUT2D eigenvalue weighted by Gasteiger charge is -2.15. The number of nitrogens with one attached hydrogen (secondary N) is 1. The number of thioether (sulfide) groups is 1. The van der Waals surface area contributed by atoms with Gasteiger partial charge in [0.1, 0.15) is 0 Å². The molecule has 1 aliphatic rings. The average Bonchev–Trinajstić information content (AvgIpc) is 3.27. The molecule has 1 unspecified atom stereocenters. The number of halogens is 2. The van der Waals surface area contributed by atoms with Crippen molar-refractivity contribution in [2.24, 2.45) is 11.7 Å². The van der Waals surface area contributed by atoms with Gasteiger partial charge in [0.25, 0.3) is 0 Å². The second-order valence-corrected chi connectivity index (χ2v) is 5.98. The zero-order valence-corrected chi connectivity index (χ0v) is 14.3. The monoisotopic (exact) mass is 351 g/mol. The summed E-state index contributed by atoms with van der Waals surface area (Å²) in [6, 6.07) is 6.09. The minimum atomic E-state index is 0. The quantitative estimate of drug-likeness (QED) is 0.705. The van der Waals surface area contributed by atoms with Crippen LogP contribution in [0.3, 0.4) is 0 Å². The van der Waals surface area contributed by atoms with Crippen LogP contribution >= 0.6 is 36.6 Å². The molecule has 3 N–H and O–H groups in total. The number of hydrogen-bond donors (Lipinski definition) is 2. The highest BCUT2D eigenvalue weighted by Crippen LogP contribution is 2.32. The van der Waals surface area contributed by atoms with E-state index in [4.69, 9.17) is 5.73 Å². The van der Waals surface area contributed by atoms with Crippen molar-refractivity contribution < 1.29 is 4.79 Å². The first-order chi connectivity index (χ1) is 9.29. The summed E-state index contributed by atoms with van der Waals surface area (Å²) < 4.78 is 0. The average molecular weight is 352 g/mol. The summed E-state index contributed by atoms with van der Waals surface area (Å²) in [5, 5.41) is 3.03. The van der Waals surface area contributed by atoms with Gasteiger partial charge in [0.2, 0.25) is 5.91 Å². The fourth-order valence-electron chi connectivity index (χ4n) is 1.97. The summed E-state index contributed by atoms with van der Waals surface area (Å²) in [4.78, 5) is 16.0. The standard InChI is InChI=1S/C14H21N3OS.2ClH/c15-9-13(11-4-5-11)17-14(18)6-8-19-10-12-3-1-2-7-16-12;;/h1-3,7,11,13H,4-6,8-10,15H2,(H,17,18);2*1H. The fourth-order valence-corrected chi connectivity index (χ4v) is 2.83. The molecule has 0 saturated heterocycles. The maximum absolute atomic E-state index is 11.8. The summed E-state index contributed by atoms with van der Waals surface area (Å²) in [7, 11) is 0. The van der Waals surface area contributed by atoms with Crippen molar-refractivity contribution in [3.63, 3.8) is 0 Å². The van der Waals surface area contributed by atoms with E-state index in [0.29, 0.717) is 18.9 Å². The highest BCUT2D eigenvalue weighted by atomic mass is 35.5. The van der Waals surface area contributed by atoms with Crippen molar-refractivity contribution >= 4 is 42.5 Å². The molecule has 0 radical (unpaired) electrons. The van der Waals surface area contributed by atoms with Gasteiger partial charge in [0.05, 0.1) is 5.69 Å². The van der Waals surface area contributed by atoms with Gasteiger partial charge < -0.3 is 11.1 Å². The molecule has 1 fully saturated rings. The molecule has 7 heteroatoms. The van der Waals surface area contributed by atoms with Gasteiger partial charge in [0.15, 0.2) is 0 Å². The highest BCUT2D eigenvalue weighted by molar-refractivity contribution is 7.98. The molecule has 1 aromatic rings. The SMILES string of the molecule is Cl.Cl.NCC(NC(=O)CCSCc1ccccn1)C1CC1. The molecule has 1 saturated carbocycles. The van der Waals surface area contributed by atoms with Gasteiger partial charge in [-0.3, -0.25) is 9.78 Å². The van der Waals surface area contributed by atoms with Crippen LogP contribution in [0.15, 0.2) is 24.4 Å². The van der Waals surface area contributed by atoms with Gasteiger partial charge in [0, 0.05) is 36.7 Å². The molecule has 1 atom stereocenters. The number of rotatable bonds is 8. The van der Waals surface area contributed by atoms with Gasteiger partial charge >= 0.3 is 0 Å². The van der Waals surface area contributed by atoms with E-state index in [-0.39, 0.29) is 36.8 Å². The Kier molecular flexibility index (Phi) is 10.9. The normalized spacial score (nSPS) is 14.5. The predicted molar refractivity (Wildman–Crippen MR) is 93.2 cm³/mol. The van der Waals surface area contributed by atoms with Crippen LogP contribution in [0.25, 0.3) is 0 Å². The van der Waals surface area contributed by atoms with Crippen molar-refractivity contribution in [2.45, 2.75) is 31.1 Å². The molecule has 1 aromatic heterocycles. The Labute approximate surface area is 142 Å². The third kappa shape index (κ3) is 7.90. The molecule has 2 rings (SSSR count). The first-order valence-electron chi connectivity index (χ1n) is 6.76. The number of hydrogen-bond acceptors (Lipinski definition) is 4. The van der Waals surface area contributed by atoms with Gasteiger partial charge in [-0.05, 0) is 30.9 Å². The van der Waals surface area contributed by atoms with E-state index in [0.717, 1.165) is 17.2 Å². The predicted octanol–water partition coefficient (Wildman–Crippen LogP) is 2.40. The van der Waals surface area contributed by atoms with Crippen molar-refractivity contribution in [1.82, 2.24) is 10.3 Å². The maximum atomic E-state index is 11.8. The molecule has 21 heavy (non-hydrogen) atoms. The maximum Gasteiger partial charge on any atom is 0.221 e. The Morgan fingerprint density at radius 2 is 2.19 bits per heavy atom. The van der Waals surface area contributed by atoms with Crippen molar-refractivity contribution in [3.05, 3.63) is 30.1 Å². The molecule has 4 nitrogen and oxygen atoms in total. The second-order valence-electron chi connectivity index (χ2n) is 4.87. The van der Waals surface area contributed by atoms with Crippen LogP contribution in [-0.2, 0) is 10.5 Å². The number of pyridine rings is 1. The number of nitrogens with zero attached hydrogens (tertiary/aromatic N) is 1. The molecule has 0 spiro atoms. The van der Waals surface area contributed by atoms with Gasteiger partial charge in [-0.25, -0.2) is 0 Å². The Morgan fingerprint density at radius 3 is 2.76 bits per heavy atom. The highest BCUT2D eigenvalue weighted by Gasteiger charge is 2.30. The first-order valence-corrected chi connectivity index (χ1v) is 7.92. The zero-order valence-electron chi connectivity index (χ0n) is 11.9. The largest absolute Gasteiger partial charge is 0.352 e. The Bertz CT molecular complexity index is 404. The van der Waals surface area contributed by atoms with E-state index in [2.05, 4.69) is 10.3 Å². The fraction of sp³-hybridized carbons (Fsp3) is 0.571. The van der Waals surface area contributed by atoms with E-state index < -0.39 is 0 Å². The Morgan fingerprint density at radius 1 is 1.43 bits per heavy atom. The number of nitrogens with two attached hydrogens (primary N) is 1. The summed E-state index contributed by atoms with van der Waals surface area (Å²) in [5.41, 5.74) is 6.73. The third-order valence-electron chi connectivity index (χ3n) is 3.24. The molecule has 1 heterocycles. The lowest BCUT2D eigenvalue weighted by molar-refractivity contribution is -0.121. The van der Waals surface area contributed by atoms with Gasteiger partial charge in [-0.1, -0.05) is 6.07 Å². The summed E-state index contributed by atoms with van der Waals surface area (Å²) in [5.74, 6) is 2.42. The summed E-state index contributed by atoms with van der Waals surface area (Å²) in [6.07, 6.45) is 4.76. The van der Waals surface area contributed by atoms with Crippen LogP contribution in [-0.4, -0.2) is 29.2 Å². The van der Waals surface area contributed by atoms with Crippen LogP contribution in [0.1, 0.15) is 25.0 Å². The summed E-state index contributed by atoms with van der Waals surface area (Å²) in [6.45, 7) is 0.553. The molecular formula is C14H23Cl2N3OS. The zero-order chi connectivity index (χ0) is 13.5. The van der Waals surface area contributed by atoms with Crippen molar-refractivity contribution in [2.75, 3.05) is 12.3 Å². The topological polar surface area (TPSA) is 68.0 Å². The van der Waals surface area contributed by atoms with Gasteiger partial charge in [-0.2, -0.15) is 11.8 Å². The smallest absolute Gasteiger partial charge is 0.221 e. The number of aromatic nitrogens is 1. The van der Waals surface area contributed by atoms with E-state index in [1.54, 1.807) is 18.0 Å².